The minimum absolute atomic E-state index is 0.333. The van der Waals surface area contributed by atoms with E-state index in [1.807, 2.05) is 13.8 Å². The summed E-state index contributed by atoms with van der Waals surface area (Å²) in [5.41, 5.74) is 5.11. The van der Waals surface area contributed by atoms with Crippen molar-refractivity contribution in [3.8, 4) is 0 Å². The zero-order chi connectivity index (χ0) is 9.28. The Balaban J connectivity index is 0. The molecule has 0 aliphatic heterocycles. The van der Waals surface area contributed by atoms with E-state index in [4.69, 9.17) is 5.73 Å². The van der Waals surface area contributed by atoms with Gasteiger partial charge in [0.25, 0.3) is 0 Å². The number of hydrogen-bond donors (Lipinski definition) is 1. The first-order valence-corrected chi connectivity index (χ1v) is 4.56. The van der Waals surface area contributed by atoms with Crippen LogP contribution in [0.3, 0.4) is 0 Å². The molecule has 0 bridgehead atoms. The van der Waals surface area contributed by atoms with E-state index in [-0.39, 0.29) is 0 Å². The summed E-state index contributed by atoms with van der Waals surface area (Å²) < 4.78 is 0. The Hall–Kier alpha value is -0.0800. The Labute approximate surface area is 71.8 Å². The molecule has 0 amide bonds. The van der Waals surface area contributed by atoms with Gasteiger partial charge >= 0.3 is 0 Å². The van der Waals surface area contributed by atoms with Crippen molar-refractivity contribution >= 4 is 0 Å². The quantitative estimate of drug-likeness (QED) is 0.681. The average molecular weight is 160 g/mol. The smallest absolute Gasteiger partial charge is 0.00179 e. The first-order chi connectivity index (χ1) is 5.08. The van der Waals surface area contributed by atoms with Gasteiger partial charge in [-0.2, -0.15) is 0 Å². The number of hydrogen-bond acceptors (Lipinski definition) is 2. The molecule has 0 aromatic rings. The molecular formula is C9H24N2. The summed E-state index contributed by atoms with van der Waals surface area (Å²) in [5, 5.41) is 0. The highest BCUT2D eigenvalue weighted by Gasteiger charge is 1.89. The predicted octanol–water partition coefficient (Wildman–Crippen LogP) is 1.70. The molecule has 2 heteroatoms. The van der Waals surface area contributed by atoms with Crippen molar-refractivity contribution < 1.29 is 0 Å². The van der Waals surface area contributed by atoms with Crippen LogP contribution in [0.15, 0.2) is 0 Å². The van der Waals surface area contributed by atoms with E-state index in [2.05, 4.69) is 25.7 Å². The fourth-order valence-electron chi connectivity index (χ4n) is 0.671. The lowest BCUT2D eigenvalue weighted by atomic mass is 10.5. The van der Waals surface area contributed by atoms with Crippen molar-refractivity contribution in [2.75, 3.05) is 19.6 Å². The second-order valence-corrected chi connectivity index (χ2v) is 2.86. The van der Waals surface area contributed by atoms with Crippen molar-refractivity contribution in [3.63, 3.8) is 0 Å². The second-order valence-electron chi connectivity index (χ2n) is 2.86. The van der Waals surface area contributed by atoms with Gasteiger partial charge in [0.1, 0.15) is 0 Å². The van der Waals surface area contributed by atoms with Crippen LogP contribution in [0.5, 0.6) is 0 Å². The van der Waals surface area contributed by atoms with Crippen LogP contribution in [0, 0.1) is 0 Å². The van der Waals surface area contributed by atoms with Gasteiger partial charge < -0.3 is 10.6 Å². The molecule has 0 fully saturated rings. The minimum Gasteiger partial charge on any atom is -0.328 e. The van der Waals surface area contributed by atoms with Crippen LogP contribution < -0.4 is 5.73 Å². The Kier molecular flexibility index (Phi) is 12.2. The molecule has 11 heavy (non-hydrogen) atoms. The van der Waals surface area contributed by atoms with Gasteiger partial charge in [0.15, 0.2) is 0 Å². The predicted molar refractivity (Wildman–Crippen MR) is 52.8 cm³/mol. The van der Waals surface area contributed by atoms with Crippen molar-refractivity contribution in [1.29, 1.82) is 0 Å². The Morgan fingerprint density at radius 3 is 1.18 bits per heavy atom. The molecule has 0 aromatic heterocycles. The third kappa shape index (κ3) is 17.8. The van der Waals surface area contributed by atoms with Crippen LogP contribution in [0.4, 0.5) is 0 Å². The third-order valence-corrected chi connectivity index (χ3v) is 1.34. The normalized spacial score (nSPS) is 9.82. The largest absolute Gasteiger partial charge is 0.328 e. The molecule has 0 saturated carbocycles. The lowest BCUT2D eigenvalue weighted by Crippen LogP contribution is -2.21. The van der Waals surface area contributed by atoms with Crippen molar-refractivity contribution in [2.24, 2.45) is 5.73 Å². The Morgan fingerprint density at radius 1 is 1.00 bits per heavy atom. The summed E-state index contributed by atoms with van der Waals surface area (Å²) in [5.74, 6) is 0. The topological polar surface area (TPSA) is 29.3 Å². The maximum atomic E-state index is 5.11. The van der Waals surface area contributed by atoms with E-state index in [0.717, 1.165) is 0 Å². The van der Waals surface area contributed by atoms with Gasteiger partial charge in [-0.15, -0.1) is 0 Å². The number of rotatable bonds is 3. The third-order valence-electron chi connectivity index (χ3n) is 1.34. The van der Waals surface area contributed by atoms with Gasteiger partial charge in [-0.05, 0) is 25.7 Å². The van der Waals surface area contributed by atoms with Gasteiger partial charge in [-0.3, -0.25) is 0 Å². The lowest BCUT2D eigenvalue weighted by molar-refractivity contribution is 0.321. The molecule has 70 valence electrons. The fraction of sp³-hybridized carbons (Fsp3) is 1.00. The highest BCUT2D eigenvalue weighted by molar-refractivity contribution is 4.43. The molecule has 2 nitrogen and oxygen atoms in total. The molecule has 0 aliphatic rings. The van der Waals surface area contributed by atoms with Crippen LogP contribution in [-0.4, -0.2) is 30.6 Å². The van der Waals surface area contributed by atoms with Crippen molar-refractivity contribution in [2.45, 2.75) is 40.7 Å². The second kappa shape index (κ2) is 9.92. The molecule has 0 atom stereocenters. The zero-order valence-electron chi connectivity index (χ0n) is 8.72. The van der Waals surface area contributed by atoms with Crippen molar-refractivity contribution in [3.05, 3.63) is 0 Å². The van der Waals surface area contributed by atoms with Crippen LogP contribution in [0.1, 0.15) is 34.6 Å². The van der Waals surface area contributed by atoms with Gasteiger partial charge in [-0.1, -0.05) is 34.6 Å². The summed E-state index contributed by atoms with van der Waals surface area (Å²) in [6.45, 7) is 14.0. The number of nitrogens with two attached hydrogens (primary N) is 1. The van der Waals surface area contributed by atoms with Crippen LogP contribution in [0.2, 0.25) is 0 Å². The van der Waals surface area contributed by atoms with E-state index in [1.165, 1.54) is 19.6 Å². The Bertz CT molecular complexity index is 50.3. The molecule has 0 rings (SSSR count). The summed E-state index contributed by atoms with van der Waals surface area (Å²) in [6.07, 6.45) is 0. The maximum Gasteiger partial charge on any atom is -0.00179 e. The van der Waals surface area contributed by atoms with E-state index < -0.39 is 0 Å². The molecular weight excluding hydrogens is 136 g/mol. The van der Waals surface area contributed by atoms with Crippen LogP contribution in [0.25, 0.3) is 0 Å². The standard InChI is InChI=1S/C6H15N.C3H9N/c1-4-7(5-2)6-3;1-3(2)4/h4-6H2,1-3H3;3H,4H2,1-2H3. The molecule has 0 heterocycles. The highest BCUT2D eigenvalue weighted by Crippen LogP contribution is 1.81. The van der Waals surface area contributed by atoms with Crippen LogP contribution in [-0.2, 0) is 0 Å². The first-order valence-electron chi connectivity index (χ1n) is 4.56. The van der Waals surface area contributed by atoms with E-state index in [1.54, 1.807) is 0 Å². The van der Waals surface area contributed by atoms with Crippen molar-refractivity contribution in [1.82, 2.24) is 4.90 Å². The van der Waals surface area contributed by atoms with E-state index in [0.29, 0.717) is 6.04 Å². The average Bonchev–Trinajstić information content (AvgIpc) is 1.90. The molecule has 0 unspecified atom stereocenters. The summed E-state index contributed by atoms with van der Waals surface area (Å²) in [7, 11) is 0. The van der Waals surface area contributed by atoms with E-state index >= 15 is 0 Å². The van der Waals surface area contributed by atoms with Crippen LogP contribution >= 0.6 is 0 Å². The van der Waals surface area contributed by atoms with E-state index in [9.17, 15) is 0 Å². The fourth-order valence-corrected chi connectivity index (χ4v) is 0.671. The SMILES string of the molecule is CC(C)N.CCN(CC)CC. The summed E-state index contributed by atoms with van der Waals surface area (Å²) >= 11 is 0. The van der Waals surface area contributed by atoms with Gasteiger partial charge in [0.05, 0.1) is 0 Å². The minimum atomic E-state index is 0.333. The molecule has 0 spiro atoms. The molecule has 0 aliphatic carbocycles. The highest BCUT2D eigenvalue weighted by atomic mass is 15.1. The van der Waals surface area contributed by atoms with Gasteiger partial charge in [-0.25, -0.2) is 0 Å². The summed E-state index contributed by atoms with van der Waals surface area (Å²) in [6, 6.07) is 0.333. The van der Waals surface area contributed by atoms with Gasteiger partial charge in [0.2, 0.25) is 0 Å². The zero-order valence-corrected chi connectivity index (χ0v) is 8.72. The maximum absolute atomic E-state index is 5.11. The van der Waals surface area contributed by atoms with Gasteiger partial charge in [0, 0.05) is 0 Å². The molecule has 0 aromatic carbocycles. The molecule has 2 N–H and O–H groups in total. The lowest BCUT2D eigenvalue weighted by Gasteiger charge is -2.13. The Morgan fingerprint density at radius 2 is 1.18 bits per heavy atom. The monoisotopic (exact) mass is 160 g/mol. The molecule has 0 radical (unpaired) electrons. The summed E-state index contributed by atoms with van der Waals surface area (Å²) in [4.78, 5) is 2.38. The first kappa shape index (κ1) is 13.5. The number of nitrogens with zero attached hydrogens (tertiary/aromatic N) is 1. The molecule has 0 saturated heterocycles.